The second-order valence-electron chi connectivity index (χ2n) is 6.04. The van der Waals surface area contributed by atoms with Gasteiger partial charge >= 0.3 is 0 Å². The van der Waals surface area contributed by atoms with E-state index in [2.05, 4.69) is 15.6 Å². The van der Waals surface area contributed by atoms with Crippen LogP contribution in [-0.4, -0.2) is 57.8 Å². The van der Waals surface area contributed by atoms with Crippen LogP contribution in [-0.2, 0) is 4.79 Å². The van der Waals surface area contributed by atoms with Gasteiger partial charge in [-0.2, -0.15) is 4.98 Å². The molecule has 2 fully saturated rings. The summed E-state index contributed by atoms with van der Waals surface area (Å²) in [7, 11) is 0. The molecule has 2 aliphatic rings. The number of carbonyl (C=O) groups is 2. The highest BCUT2D eigenvalue weighted by molar-refractivity contribution is 7.15. The van der Waals surface area contributed by atoms with Crippen molar-refractivity contribution in [1.82, 2.24) is 24.9 Å². The second-order valence-corrected chi connectivity index (χ2v) is 6.91. The lowest BCUT2D eigenvalue weighted by molar-refractivity contribution is -0.126. The molecule has 2 aromatic rings. The number of piperazine rings is 1. The lowest BCUT2D eigenvalue weighted by Gasteiger charge is -2.35. The number of fused-ring (bicyclic) bond motifs is 1. The van der Waals surface area contributed by atoms with Crippen molar-refractivity contribution >= 4 is 28.1 Å². The number of amides is 2. The van der Waals surface area contributed by atoms with Crippen LogP contribution < -0.4 is 16.2 Å². The molecule has 0 spiro atoms. The normalized spacial score (nSPS) is 21.0. The van der Waals surface area contributed by atoms with Gasteiger partial charge in [0.1, 0.15) is 11.7 Å². The van der Waals surface area contributed by atoms with E-state index in [0.717, 1.165) is 12.8 Å². The summed E-state index contributed by atoms with van der Waals surface area (Å²) in [6.07, 6.45) is 3.70. The maximum absolute atomic E-state index is 13.0. The van der Waals surface area contributed by atoms with E-state index in [1.54, 1.807) is 20.9 Å². The summed E-state index contributed by atoms with van der Waals surface area (Å²) in [5.74, 6) is -0.457. The predicted octanol–water partition coefficient (Wildman–Crippen LogP) is -0.551. The number of aromatic nitrogens is 2. The Morgan fingerprint density at radius 3 is 3.00 bits per heavy atom. The van der Waals surface area contributed by atoms with Gasteiger partial charge in [0.15, 0.2) is 4.96 Å². The monoisotopic (exact) mass is 347 g/mol. The first-order chi connectivity index (χ1) is 11.6. The first-order valence-electron chi connectivity index (χ1n) is 7.92. The zero-order chi connectivity index (χ0) is 16.7. The molecule has 0 aromatic carbocycles. The highest BCUT2D eigenvalue weighted by atomic mass is 32.1. The van der Waals surface area contributed by atoms with Crippen LogP contribution in [0.2, 0.25) is 0 Å². The van der Waals surface area contributed by atoms with Gasteiger partial charge in [-0.25, -0.2) is 0 Å². The van der Waals surface area contributed by atoms with Crippen molar-refractivity contribution in [3.05, 3.63) is 33.7 Å². The summed E-state index contributed by atoms with van der Waals surface area (Å²) >= 11 is 1.29. The molecule has 0 bridgehead atoms. The zero-order valence-electron chi connectivity index (χ0n) is 12.9. The minimum Gasteiger partial charge on any atom is -0.352 e. The molecule has 0 radical (unpaired) electrons. The SMILES string of the molecule is O=C(NC1CC1)[C@H]1CNCCN1C(=O)c1cc(=O)nc2sccn12. The molecule has 2 amide bonds. The second kappa shape index (κ2) is 5.99. The maximum atomic E-state index is 13.0. The van der Waals surface area contributed by atoms with E-state index in [9.17, 15) is 14.4 Å². The van der Waals surface area contributed by atoms with E-state index in [1.165, 1.54) is 17.4 Å². The lowest BCUT2D eigenvalue weighted by Crippen LogP contribution is -2.60. The number of nitrogens with one attached hydrogen (secondary N) is 2. The first-order valence-corrected chi connectivity index (χ1v) is 8.80. The summed E-state index contributed by atoms with van der Waals surface area (Å²) in [4.78, 5) is 43.2. The van der Waals surface area contributed by atoms with E-state index in [0.29, 0.717) is 24.6 Å². The van der Waals surface area contributed by atoms with E-state index in [4.69, 9.17) is 0 Å². The largest absolute Gasteiger partial charge is 0.352 e. The molecule has 126 valence electrons. The Morgan fingerprint density at radius 1 is 1.38 bits per heavy atom. The van der Waals surface area contributed by atoms with E-state index in [1.807, 2.05) is 0 Å². The third kappa shape index (κ3) is 2.80. The Bertz CT molecular complexity index is 856. The predicted molar refractivity (Wildman–Crippen MR) is 88.2 cm³/mol. The fraction of sp³-hybridized carbons (Fsp3) is 0.467. The van der Waals surface area contributed by atoms with Crippen LogP contribution in [0.15, 0.2) is 22.4 Å². The van der Waals surface area contributed by atoms with Crippen molar-refractivity contribution < 1.29 is 9.59 Å². The van der Waals surface area contributed by atoms with Gasteiger partial charge in [0.05, 0.1) is 0 Å². The van der Waals surface area contributed by atoms with Gasteiger partial charge < -0.3 is 15.5 Å². The molecule has 1 aliphatic heterocycles. The Labute approximate surface area is 141 Å². The first kappa shape index (κ1) is 15.3. The average molecular weight is 347 g/mol. The van der Waals surface area contributed by atoms with Gasteiger partial charge in [-0.05, 0) is 12.8 Å². The summed E-state index contributed by atoms with van der Waals surface area (Å²) < 4.78 is 1.60. The molecule has 9 heteroatoms. The topological polar surface area (TPSA) is 95.8 Å². The molecule has 1 saturated carbocycles. The van der Waals surface area contributed by atoms with E-state index >= 15 is 0 Å². The molecule has 1 aliphatic carbocycles. The number of hydrogen-bond acceptors (Lipinski definition) is 6. The van der Waals surface area contributed by atoms with Gasteiger partial charge in [-0.15, -0.1) is 11.3 Å². The Morgan fingerprint density at radius 2 is 2.21 bits per heavy atom. The van der Waals surface area contributed by atoms with Gasteiger partial charge in [0.2, 0.25) is 5.91 Å². The van der Waals surface area contributed by atoms with Crippen molar-refractivity contribution in [2.24, 2.45) is 0 Å². The molecule has 2 aromatic heterocycles. The Balaban J connectivity index is 1.66. The van der Waals surface area contributed by atoms with Crippen LogP contribution in [0.3, 0.4) is 0 Å². The van der Waals surface area contributed by atoms with Crippen LogP contribution >= 0.6 is 11.3 Å². The van der Waals surface area contributed by atoms with Crippen molar-refractivity contribution in [2.75, 3.05) is 19.6 Å². The van der Waals surface area contributed by atoms with Crippen LogP contribution in [0.25, 0.3) is 4.96 Å². The Kier molecular flexibility index (Phi) is 3.81. The van der Waals surface area contributed by atoms with Gasteiger partial charge in [-0.3, -0.25) is 18.8 Å². The van der Waals surface area contributed by atoms with Gasteiger partial charge in [0.25, 0.3) is 11.5 Å². The Hall–Kier alpha value is -2.26. The van der Waals surface area contributed by atoms with Crippen molar-refractivity contribution in [3.63, 3.8) is 0 Å². The number of rotatable bonds is 3. The highest BCUT2D eigenvalue weighted by Crippen LogP contribution is 2.20. The van der Waals surface area contributed by atoms with Crippen LogP contribution in [0.4, 0.5) is 0 Å². The molecule has 8 nitrogen and oxygen atoms in total. The van der Waals surface area contributed by atoms with E-state index < -0.39 is 11.6 Å². The van der Waals surface area contributed by atoms with Gasteiger partial charge in [-0.1, -0.05) is 0 Å². The number of thiazole rings is 1. The van der Waals surface area contributed by atoms with Gasteiger partial charge in [0, 0.05) is 43.3 Å². The fourth-order valence-corrected chi connectivity index (χ4v) is 3.59. The molecule has 2 N–H and O–H groups in total. The van der Waals surface area contributed by atoms with Crippen LogP contribution in [0, 0.1) is 0 Å². The summed E-state index contributed by atoms with van der Waals surface area (Å²) in [5, 5.41) is 7.88. The highest BCUT2D eigenvalue weighted by Gasteiger charge is 2.36. The average Bonchev–Trinajstić information content (AvgIpc) is 3.27. The van der Waals surface area contributed by atoms with Crippen LogP contribution in [0.1, 0.15) is 23.3 Å². The molecule has 24 heavy (non-hydrogen) atoms. The summed E-state index contributed by atoms with van der Waals surface area (Å²) in [6.45, 7) is 1.45. The standard InChI is InChI=1S/C15H17N5O3S/c21-12-7-10(20-5-6-24-15(20)18-12)14(23)19-4-3-16-8-11(19)13(22)17-9-1-2-9/h5-7,9,11,16H,1-4,8H2,(H,17,22)/t11-/m1/s1. The molecule has 1 saturated heterocycles. The van der Waals surface area contributed by atoms with E-state index in [-0.39, 0.29) is 23.6 Å². The van der Waals surface area contributed by atoms with Crippen molar-refractivity contribution in [3.8, 4) is 0 Å². The fourth-order valence-electron chi connectivity index (χ4n) is 2.87. The molecule has 3 heterocycles. The van der Waals surface area contributed by atoms with Crippen LogP contribution in [0.5, 0.6) is 0 Å². The van der Waals surface area contributed by atoms with Crippen molar-refractivity contribution in [1.29, 1.82) is 0 Å². The third-order valence-electron chi connectivity index (χ3n) is 4.26. The zero-order valence-corrected chi connectivity index (χ0v) is 13.7. The molecule has 4 rings (SSSR count). The quantitative estimate of drug-likeness (QED) is 0.777. The van der Waals surface area contributed by atoms with Crippen molar-refractivity contribution in [2.45, 2.75) is 24.9 Å². The summed E-state index contributed by atoms with van der Waals surface area (Å²) in [5.41, 5.74) is -0.202. The minimum atomic E-state index is -0.565. The molecular weight excluding hydrogens is 330 g/mol. The number of nitrogens with zero attached hydrogens (tertiary/aromatic N) is 3. The smallest absolute Gasteiger partial charge is 0.274 e. The number of carbonyl (C=O) groups excluding carboxylic acids is 2. The molecule has 1 atom stereocenters. The third-order valence-corrected chi connectivity index (χ3v) is 5.02. The summed E-state index contributed by atoms with van der Waals surface area (Å²) in [6, 6.07) is 0.910. The number of hydrogen-bond donors (Lipinski definition) is 2. The minimum absolute atomic E-state index is 0.138. The molecule has 0 unspecified atom stereocenters. The maximum Gasteiger partial charge on any atom is 0.274 e. The lowest BCUT2D eigenvalue weighted by atomic mass is 10.1. The molecular formula is C15H17N5O3S.